The first kappa shape index (κ1) is 5.72. The van der Waals surface area contributed by atoms with Gasteiger partial charge in [-0.25, -0.2) is 0 Å². The van der Waals surface area contributed by atoms with Gasteiger partial charge in [0.2, 0.25) is 0 Å². The molecule has 0 heteroatoms. The minimum atomic E-state index is 0.568. The summed E-state index contributed by atoms with van der Waals surface area (Å²) in [6.07, 6.45) is 16.5. The van der Waals surface area contributed by atoms with Crippen molar-refractivity contribution >= 4 is 0 Å². The quantitative estimate of drug-likeness (QED) is 0.442. The largest absolute Gasteiger partial charge is 0.0838 e. The summed E-state index contributed by atoms with van der Waals surface area (Å²) in [6, 6.07) is 0. The standard InChI is InChI=1S/C10H10/c1-2-6-10-8-4-3-7-9(10)5-1/h1-3,5-9H,4H2. The van der Waals surface area contributed by atoms with Crippen molar-refractivity contribution in [3.8, 4) is 0 Å². The van der Waals surface area contributed by atoms with Crippen LogP contribution in [0.1, 0.15) is 6.42 Å². The van der Waals surface area contributed by atoms with E-state index in [1.165, 1.54) is 5.57 Å². The van der Waals surface area contributed by atoms with Gasteiger partial charge in [0.25, 0.3) is 0 Å². The van der Waals surface area contributed by atoms with Crippen LogP contribution < -0.4 is 0 Å². The molecule has 0 aromatic heterocycles. The molecule has 0 N–H and O–H groups in total. The summed E-state index contributed by atoms with van der Waals surface area (Å²) in [5, 5.41) is 0. The molecule has 1 unspecified atom stereocenters. The average Bonchev–Trinajstić information content (AvgIpc) is 2.05. The van der Waals surface area contributed by atoms with Crippen molar-refractivity contribution in [2.75, 3.05) is 0 Å². The smallest absolute Gasteiger partial charge is 0.0198 e. The van der Waals surface area contributed by atoms with Crippen LogP contribution in [0, 0.1) is 5.92 Å². The van der Waals surface area contributed by atoms with E-state index in [1.54, 1.807) is 0 Å². The number of hydrogen-bond acceptors (Lipinski definition) is 0. The van der Waals surface area contributed by atoms with Crippen molar-refractivity contribution in [1.82, 2.24) is 0 Å². The summed E-state index contributed by atoms with van der Waals surface area (Å²) in [4.78, 5) is 0. The highest BCUT2D eigenvalue weighted by molar-refractivity contribution is 5.38. The SMILES string of the molecule is C1=CC2=CCC=CC2C=C1. The van der Waals surface area contributed by atoms with Gasteiger partial charge in [-0.2, -0.15) is 0 Å². The summed E-state index contributed by atoms with van der Waals surface area (Å²) in [5.41, 5.74) is 1.45. The van der Waals surface area contributed by atoms with E-state index in [1.807, 2.05) is 0 Å². The van der Waals surface area contributed by atoms with Gasteiger partial charge in [-0.15, -0.1) is 0 Å². The predicted octanol–water partition coefficient (Wildman–Crippen LogP) is 2.61. The third kappa shape index (κ3) is 0.860. The lowest BCUT2D eigenvalue weighted by atomic mass is 9.90. The van der Waals surface area contributed by atoms with Crippen LogP contribution in [0.25, 0.3) is 0 Å². The van der Waals surface area contributed by atoms with E-state index >= 15 is 0 Å². The van der Waals surface area contributed by atoms with Gasteiger partial charge in [-0.3, -0.25) is 0 Å². The molecule has 2 aliphatic carbocycles. The predicted molar refractivity (Wildman–Crippen MR) is 43.6 cm³/mol. The lowest BCUT2D eigenvalue weighted by Crippen LogP contribution is -2.00. The molecule has 2 rings (SSSR count). The molecule has 2 aliphatic rings. The molecule has 0 fully saturated rings. The molecule has 0 aromatic carbocycles. The normalized spacial score (nSPS) is 28.0. The van der Waals surface area contributed by atoms with Gasteiger partial charge in [0.05, 0.1) is 0 Å². The van der Waals surface area contributed by atoms with Crippen molar-refractivity contribution in [2.24, 2.45) is 5.92 Å². The van der Waals surface area contributed by atoms with E-state index < -0.39 is 0 Å². The maximum atomic E-state index is 2.28. The fourth-order valence-electron chi connectivity index (χ4n) is 1.38. The van der Waals surface area contributed by atoms with Crippen LogP contribution in [0.5, 0.6) is 0 Å². The molecule has 0 saturated carbocycles. The van der Waals surface area contributed by atoms with Crippen LogP contribution in [0.2, 0.25) is 0 Å². The van der Waals surface area contributed by atoms with Crippen molar-refractivity contribution in [1.29, 1.82) is 0 Å². The monoisotopic (exact) mass is 130 g/mol. The third-order valence-corrected chi connectivity index (χ3v) is 1.94. The van der Waals surface area contributed by atoms with Gasteiger partial charge in [-0.05, 0) is 12.0 Å². The molecular weight excluding hydrogens is 120 g/mol. The van der Waals surface area contributed by atoms with E-state index in [-0.39, 0.29) is 0 Å². The van der Waals surface area contributed by atoms with Crippen LogP contribution in [0.15, 0.2) is 48.1 Å². The Balaban J connectivity index is 2.33. The summed E-state index contributed by atoms with van der Waals surface area (Å²) >= 11 is 0. The fraction of sp³-hybridized carbons (Fsp3) is 0.200. The van der Waals surface area contributed by atoms with Gasteiger partial charge in [-0.1, -0.05) is 42.5 Å². The zero-order chi connectivity index (χ0) is 6.81. The molecule has 0 spiro atoms. The van der Waals surface area contributed by atoms with Crippen molar-refractivity contribution < 1.29 is 0 Å². The molecule has 0 nitrogen and oxygen atoms in total. The molecule has 10 heavy (non-hydrogen) atoms. The van der Waals surface area contributed by atoms with E-state index in [9.17, 15) is 0 Å². The summed E-state index contributed by atoms with van der Waals surface area (Å²) in [6.45, 7) is 0. The topological polar surface area (TPSA) is 0 Å². The Hall–Kier alpha value is -1.04. The molecule has 0 aromatic rings. The van der Waals surface area contributed by atoms with Crippen molar-refractivity contribution in [3.05, 3.63) is 48.1 Å². The first-order valence-corrected chi connectivity index (χ1v) is 3.68. The molecule has 0 aliphatic heterocycles. The second-order valence-corrected chi connectivity index (χ2v) is 2.64. The number of hydrogen-bond donors (Lipinski definition) is 0. The van der Waals surface area contributed by atoms with Crippen molar-refractivity contribution in [3.63, 3.8) is 0 Å². The van der Waals surface area contributed by atoms with Gasteiger partial charge in [0, 0.05) is 5.92 Å². The van der Waals surface area contributed by atoms with Gasteiger partial charge >= 0.3 is 0 Å². The van der Waals surface area contributed by atoms with Gasteiger partial charge in [0.15, 0.2) is 0 Å². The molecular formula is C10H10. The maximum Gasteiger partial charge on any atom is 0.0198 e. The van der Waals surface area contributed by atoms with Gasteiger partial charge in [0.1, 0.15) is 0 Å². The van der Waals surface area contributed by atoms with Crippen LogP contribution in [0.3, 0.4) is 0 Å². The summed E-state index contributed by atoms with van der Waals surface area (Å²) in [7, 11) is 0. The second-order valence-electron chi connectivity index (χ2n) is 2.64. The third-order valence-electron chi connectivity index (χ3n) is 1.94. The van der Waals surface area contributed by atoms with Crippen LogP contribution in [-0.4, -0.2) is 0 Å². The number of rotatable bonds is 0. The number of fused-ring (bicyclic) bond motifs is 1. The van der Waals surface area contributed by atoms with Crippen molar-refractivity contribution in [2.45, 2.75) is 6.42 Å². The minimum absolute atomic E-state index is 0.568. The molecule has 1 atom stereocenters. The highest BCUT2D eigenvalue weighted by atomic mass is 14.1. The lowest BCUT2D eigenvalue weighted by molar-refractivity contribution is 0.952. The zero-order valence-corrected chi connectivity index (χ0v) is 5.83. The summed E-state index contributed by atoms with van der Waals surface area (Å²) in [5.74, 6) is 0.568. The van der Waals surface area contributed by atoms with Crippen LogP contribution >= 0.6 is 0 Å². The molecule has 0 radical (unpaired) electrons. The Morgan fingerprint density at radius 1 is 1.20 bits per heavy atom. The Labute approximate surface area is 61.3 Å². The van der Waals surface area contributed by atoms with E-state index in [0.29, 0.717) is 5.92 Å². The summed E-state index contributed by atoms with van der Waals surface area (Å²) < 4.78 is 0. The van der Waals surface area contributed by atoms with Crippen LogP contribution in [-0.2, 0) is 0 Å². The molecule has 0 heterocycles. The lowest BCUT2D eigenvalue weighted by Gasteiger charge is -2.15. The molecule has 0 amide bonds. The van der Waals surface area contributed by atoms with E-state index in [4.69, 9.17) is 0 Å². The minimum Gasteiger partial charge on any atom is -0.0838 e. The highest BCUT2D eigenvalue weighted by Crippen LogP contribution is 2.23. The number of allylic oxidation sites excluding steroid dienone is 8. The van der Waals surface area contributed by atoms with Gasteiger partial charge < -0.3 is 0 Å². The fourth-order valence-corrected chi connectivity index (χ4v) is 1.38. The maximum absolute atomic E-state index is 2.28. The van der Waals surface area contributed by atoms with E-state index in [0.717, 1.165) is 6.42 Å². The highest BCUT2D eigenvalue weighted by Gasteiger charge is 2.08. The second kappa shape index (κ2) is 2.30. The molecule has 0 saturated heterocycles. The molecule has 50 valence electrons. The Morgan fingerprint density at radius 2 is 2.20 bits per heavy atom. The first-order valence-electron chi connectivity index (χ1n) is 3.68. The zero-order valence-electron chi connectivity index (χ0n) is 5.83. The Morgan fingerprint density at radius 3 is 3.10 bits per heavy atom. The van der Waals surface area contributed by atoms with Crippen LogP contribution in [0.4, 0.5) is 0 Å². The Bertz CT molecular complexity index is 239. The van der Waals surface area contributed by atoms with E-state index in [2.05, 4.69) is 42.5 Å². The molecule has 0 bridgehead atoms. The first-order chi connectivity index (χ1) is 4.97. The Kier molecular flexibility index (Phi) is 1.31. The average molecular weight is 130 g/mol.